The summed E-state index contributed by atoms with van der Waals surface area (Å²) in [5, 5.41) is 0. The monoisotopic (exact) mass is 420 g/mol. The molecule has 1 rings (SSSR count). The molecule has 2 atom stereocenters. The molecule has 0 aromatic heterocycles. The molecule has 25 heavy (non-hydrogen) atoms. The van der Waals surface area contributed by atoms with Crippen LogP contribution >= 0.6 is 0 Å². The maximum atomic E-state index is 7.01. The molecule has 0 amide bonds. The zero-order chi connectivity index (χ0) is 19.5. The summed E-state index contributed by atoms with van der Waals surface area (Å²) >= 11 is 0. The average molecular weight is 421 g/mol. The Bertz CT molecular complexity index is 412. The van der Waals surface area contributed by atoms with E-state index in [9.17, 15) is 0 Å². The molecule has 1 aliphatic rings. The van der Waals surface area contributed by atoms with Gasteiger partial charge in [-0.25, -0.2) is 0 Å². The van der Waals surface area contributed by atoms with Crippen molar-refractivity contribution in [2.24, 2.45) is 11.3 Å². The largest absolute Gasteiger partial charge is 0.466 e. The van der Waals surface area contributed by atoms with E-state index in [1.54, 1.807) is 0 Å². The number of hydrogen-bond donors (Lipinski definition) is 0. The Balaban J connectivity index is 3.29. The summed E-state index contributed by atoms with van der Waals surface area (Å²) in [6.45, 7) is 21.1. The van der Waals surface area contributed by atoms with Gasteiger partial charge in [-0.3, -0.25) is 0 Å². The average Bonchev–Trinajstić information content (AvgIpc) is 2.44. The molecule has 0 spiro atoms. The predicted octanol–water partition coefficient (Wildman–Crippen LogP) is 3.76. The van der Waals surface area contributed by atoms with Gasteiger partial charge < -0.3 is 13.0 Å². The fraction of sp³-hybridized carbons (Fsp3) is 1.00. The van der Waals surface area contributed by atoms with E-state index in [1.165, 1.54) is 32.1 Å². The second-order valence-corrected chi connectivity index (χ2v) is 22.8. The second-order valence-electron chi connectivity index (χ2n) is 10.6. The highest BCUT2D eigenvalue weighted by molar-refractivity contribution is 6.70. The predicted molar refractivity (Wildman–Crippen MR) is 121 cm³/mol. The maximum Gasteiger partial charge on any atom is 0.184 e. The van der Waals surface area contributed by atoms with Crippen LogP contribution in [-0.2, 0) is 13.0 Å². The minimum absolute atomic E-state index is 0.102. The van der Waals surface area contributed by atoms with Gasteiger partial charge in [0.2, 0.25) is 0 Å². The standard InChI is InChI=1S/C18H44O3Si4/c1-17(2,15-13-11-10-12-14-15)18(3,20-25(7,8)9)16(23-21-22)19-24(4,5)6/h15-16H,10-14,23H2,1-9,22H3. The van der Waals surface area contributed by atoms with Crippen LogP contribution in [0.5, 0.6) is 0 Å². The van der Waals surface area contributed by atoms with Crippen LogP contribution in [-0.4, -0.2) is 48.2 Å². The molecule has 3 nitrogen and oxygen atoms in total. The summed E-state index contributed by atoms with van der Waals surface area (Å²) < 4.78 is 19.7. The quantitative estimate of drug-likeness (QED) is 0.531. The molecule has 1 aliphatic carbocycles. The van der Waals surface area contributed by atoms with Crippen LogP contribution in [0.15, 0.2) is 0 Å². The third-order valence-electron chi connectivity index (χ3n) is 5.85. The Morgan fingerprint density at radius 1 is 0.920 bits per heavy atom. The number of rotatable bonds is 9. The minimum Gasteiger partial charge on any atom is -0.466 e. The molecule has 150 valence electrons. The van der Waals surface area contributed by atoms with Crippen molar-refractivity contribution in [1.29, 1.82) is 0 Å². The Morgan fingerprint density at radius 2 is 1.44 bits per heavy atom. The first kappa shape index (κ1) is 23.8. The Hall–Kier alpha value is 0.748. The van der Waals surface area contributed by atoms with E-state index in [1.807, 2.05) is 0 Å². The molecule has 0 aliphatic heterocycles. The van der Waals surface area contributed by atoms with Gasteiger partial charge in [0.25, 0.3) is 0 Å². The lowest BCUT2D eigenvalue weighted by Crippen LogP contribution is -2.64. The highest BCUT2D eigenvalue weighted by atomic mass is 28.4. The summed E-state index contributed by atoms with van der Waals surface area (Å²) in [4.78, 5) is 0. The van der Waals surface area contributed by atoms with Gasteiger partial charge in [-0.05, 0) is 70.4 Å². The van der Waals surface area contributed by atoms with Crippen molar-refractivity contribution in [2.75, 3.05) is 0 Å². The highest BCUT2D eigenvalue weighted by Gasteiger charge is 2.54. The first-order valence-corrected chi connectivity index (χ1v) is 19.1. The van der Waals surface area contributed by atoms with Gasteiger partial charge in [0.05, 0.1) is 11.3 Å². The van der Waals surface area contributed by atoms with Crippen LogP contribution in [0.1, 0.15) is 52.9 Å². The van der Waals surface area contributed by atoms with Crippen molar-refractivity contribution in [3.8, 4) is 0 Å². The van der Waals surface area contributed by atoms with E-state index < -0.39 is 26.4 Å². The van der Waals surface area contributed by atoms with Crippen molar-refractivity contribution < 1.29 is 13.0 Å². The molecule has 7 heteroatoms. The van der Waals surface area contributed by atoms with Crippen LogP contribution in [0.3, 0.4) is 0 Å². The van der Waals surface area contributed by atoms with Crippen LogP contribution < -0.4 is 0 Å². The summed E-state index contributed by atoms with van der Waals surface area (Å²) in [6.07, 6.45) is 6.79. The van der Waals surface area contributed by atoms with Crippen molar-refractivity contribution >= 4 is 36.9 Å². The minimum atomic E-state index is -1.72. The van der Waals surface area contributed by atoms with Gasteiger partial charge in [-0.2, -0.15) is 0 Å². The fourth-order valence-corrected chi connectivity index (χ4v) is 11.2. The lowest BCUT2D eigenvalue weighted by atomic mass is 9.63. The maximum absolute atomic E-state index is 7.01. The summed E-state index contributed by atoms with van der Waals surface area (Å²) in [5.41, 5.74) is 0.00178. The third-order valence-corrected chi connectivity index (χ3v) is 10.8. The highest BCUT2D eigenvalue weighted by Crippen LogP contribution is 2.50. The molecular formula is C18H44O3Si4. The summed E-state index contributed by atoms with van der Waals surface area (Å²) in [5.74, 6) is 0.721. The van der Waals surface area contributed by atoms with E-state index in [2.05, 4.69) is 60.1 Å². The zero-order valence-corrected chi connectivity index (χ0v) is 24.0. The Kier molecular flexibility index (Phi) is 8.40. The van der Waals surface area contributed by atoms with E-state index in [-0.39, 0.29) is 16.7 Å². The van der Waals surface area contributed by atoms with Gasteiger partial charge in [0.1, 0.15) is 10.5 Å². The summed E-state index contributed by atoms with van der Waals surface area (Å²) in [6, 6.07) is 0. The van der Waals surface area contributed by atoms with Gasteiger partial charge in [0, 0.05) is 0 Å². The first-order valence-electron chi connectivity index (χ1n) is 10.1. The zero-order valence-electron chi connectivity index (χ0n) is 18.6. The molecule has 2 unspecified atom stereocenters. The molecule has 0 N–H and O–H groups in total. The third kappa shape index (κ3) is 6.69. The van der Waals surface area contributed by atoms with Crippen molar-refractivity contribution in [3.05, 3.63) is 0 Å². The van der Waals surface area contributed by atoms with Crippen LogP contribution in [0.4, 0.5) is 0 Å². The molecule has 1 fully saturated rings. The lowest BCUT2D eigenvalue weighted by molar-refractivity contribution is -0.119. The fourth-order valence-electron chi connectivity index (χ4n) is 4.36. The molecule has 0 saturated heterocycles. The molecule has 0 bridgehead atoms. The molecule has 0 radical (unpaired) electrons. The van der Waals surface area contributed by atoms with Crippen molar-refractivity contribution in [1.82, 2.24) is 0 Å². The van der Waals surface area contributed by atoms with Crippen LogP contribution in [0.2, 0.25) is 39.3 Å². The van der Waals surface area contributed by atoms with E-state index in [0.717, 1.165) is 16.4 Å². The normalized spacial score (nSPS) is 22.4. The molecule has 1 saturated carbocycles. The lowest BCUT2D eigenvalue weighted by Gasteiger charge is -2.56. The SMILES string of the molecule is CC(C)(C1CCCCC1)C(C)(O[Si](C)(C)C)C(O[Si](C)(C)C)[SiH2]O[SiH3]. The second kappa shape index (κ2) is 8.83. The van der Waals surface area contributed by atoms with Gasteiger partial charge in [-0.15, -0.1) is 0 Å². The molecule has 0 heterocycles. The van der Waals surface area contributed by atoms with Gasteiger partial charge in [0.15, 0.2) is 26.4 Å². The van der Waals surface area contributed by atoms with Crippen molar-refractivity contribution in [2.45, 2.75) is 103 Å². The smallest absolute Gasteiger partial charge is 0.184 e. The molecule has 0 aromatic rings. The van der Waals surface area contributed by atoms with E-state index >= 15 is 0 Å². The Morgan fingerprint density at radius 3 is 1.84 bits per heavy atom. The van der Waals surface area contributed by atoms with Gasteiger partial charge >= 0.3 is 0 Å². The first-order chi connectivity index (χ1) is 11.2. The topological polar surface area (TPSA) is 27.7 Å². The summed E-state index contributed by atoms with van der Waals surface area (Å²) in [7, 11) is -3.34. The molecular weight excluding hydrogens is 377 g/mol. The Labute approximate surface area is 164 Å². The van der Waals surface area contributed by atoms with Crippen LogP contribution in [0.25, 0.3) is 0 Å². The number of hydrogen-bond acceptors (Lipinski definition) is 3. The van der Waals surface area contributed by atoms with Gasteiger partial charge in [-0.1, -0.05) is 33.1 Å². The van der Waals surface area contributed by atoms with Crippen LogP contribution in [0, 0.1) is 11.3 Å². The van der Waals surface area contributed by atoms with E-state index in [0.29, 0.717) is 0 Å². The van der Waals surface area contributed by atoms with E-state index in [4.69, 9.17) is 13.0 Å². The van der Waals surface area contributed by atoms with Crippen molar-refractivity contribution in [3.63, 3.8) is 0 Å². The molecule has 0 aromatic carbocycles.